The average Bonchev–Trinajstić information content (AvgIpc) is 2.49. The fourth-order valence-electron chi connectivity index (χ4n) is 1.88. The first-order valence-electron chi connectivity index (χ1n) is 8.30. The molecule has 1 heterocycles. The summed E-state index contributed by atoms with van der Waals surface area (Å²) in [6, 6.07) is 0. The van der Waals surface area contributed by atoms with Gasteiger partial charge in [-0.25, -0.2) is 14.8 Å². The molecule has 7 nitrogen and oxygen atoms in total. The Hall–Kier alpha value is -1.80. The third-order valence-corrected chi connectivity index (χ3v) is 3.36. The van der Waals surface area contributed by atoms with E-state index < -0.39 is 17.2 Å². The topological polar surface area (TPSA) is 90.4 Å². The molecule has 0 fully saturated rings. The van der Waals surface area contributed by atoms with Gasteiger partial charge in [-0.1, -0.05) is 6.08 Å². The maximum absolute atomic E-state index is 12.0. The number of hydrogen-bond donors (Lipinski definition) is 1. The summed E-state index contributed by atoms with van der Waals surface area (Å²) < 4.78 is 11.3. The largest absolute Gasteiger partial charge is 0.457 e. The lowest BCUT2D eigenvalue weighted by Gasteiger charge is -2.23. The zero-order valence-corrected chi connectivity index (χ0v) is 17.4. The molecule has 0 spiro atoms. The number of nitrogens with zero attached hydrogens (tertiary/aromatic N) is 2. The standard InChI is InChI=1S/C18H26BrN3O4/c1-17(2,3)25-14(23)8-6-7-9-20-12-15(24)26-18(4,5)16-21-10-13(19)11-22-16/h6,8,10-11,20H,7,9,12H2,1-5H3/b8-6+. The van der Waals surface area contributed by atoms with E-state index in [1.54, 1.807) is 32.3 Å². The highest BCUT2D eigenvalue weighted by Crippen LogP contribution is 2.21. The second-order valence-electron chi connectivity index (χ2n) is 7.11. The van der Waals surface area contributed by atoms with E-state index in [-0.39, 0.29) is 12.5 Å². The maximum Gasteiger partial charge on any atom is 0.330 e. The summed E-state index contributed by atoms with van der Waals surface area (Å²) in [5, 5.41) is 2.96. The minimum atomic E-state index is -0.921. The lowest BCUT2D eigenvalue weighted by Crippen LogP contribution is -2.33. The van der Waals surface area contributed by atoms with E-state index in [1.165, 1.54) is 6.08 Å². The van der Waals surface area contributed by atoms with Crippen molar-refractivity contribution in [2.24, 2.45) is 0 Å². The fourth-order valence-corrected chi connectivity index (χ4v) is 2.09. The molecule has 0 aliphatic carbocycles. The van der Waals surface area contributed by atoms with Crippen LogP contribution < -0.4 is 5.32 Å². The van der Waals surface area contributed by atoms with Crippen molar-refractivity contribution in [1.29, 1.82) is 0 Å². The molecule has 0 aromatic carbocycles. The highest BCUT2D eigenvalue weighted by molar-refractivity contribution is 9.10. The van der Waals surface area contributed by atoms with Crippen LogP contribution in [0.25, 0.3) is 0 Å². The van der Waals surface area contributed by atoms with Crippen LogP contribution in [0.1, 0.15) is 46.9 Å². The van der Waals surface area contributed by atoms with Crippen molar-refractivity contribution in [3.05, 3.63) is 34.8 Å². The Bertz CT molecular complexity index is 637. The van der Waals surface area contributed by atoms with Crippen LogP contribution in [0.2, 0.25) is 0 Å². The van der Waals surface area contributed by atoms with Gasteiger partial charge >= 0.3 is 11.9 Å². The van der Waals surface area contributed by atoms with Gasteiger partial charge in [-0.15, -0.1) is 0 Å². The lowest BCUT2D eigenvalue weighted by molar-refractivity contribution is -0.157. The third-order valence-electron chi connectivity index (χ3n) is 2.95. The molecule has 1 N–H and O–H groups in total. The number of carbonyl (C=O) groups excluding carboxylic acids is 2. The second kappa shape index (κ2) is 9.78. The van der Waals surface area contributed by atoms with Crippen molar-refractivity contribution in [3.8, 4) is 0 Å². The number of ether oxygens (including phenoxy) is 2. The number of nitrogens with one attached hydrogen (secondary N) is 1. The van der Waals surface area contributed by atoms with Gasteiger partial charge in [0, 0.05) is 18.5 Å². The molecule has 1 aromatic heterocycles. The first-order valence-corrected chi connectivity index (χ1v) is 9.09. The minimum Gasteiger partial charge on any atom is -0.457 e. The van der Waals surface area contributed by atoms with E-state index in [1.807, 2.05) is 20.8 Å². The van der Waals surface area contributed by atoms with Crippen molar-refractivity contribution < 1.29 is 19.1 Å². The predicted molar refractivity (Wildman–Crippen MR) is 101 cm³/mol. The van der Waals surface area contributed by atoms with Crippen LogP contribution >= 0.6 is 15.9 Å². The summed E-state index contributed by atoms with van der Waals surface area (Å²) in [6.07, 6.45) is 6.89. The number of rotatable bonds is 8. The quantitative estimate of drug-likeness (QED) is 0.387. The number of hydrogen-bond acceptors (Lipinski definition) is 7. The summed E-state index contributed by atoms with van der Waals surface area (Å²) in [7, 11) is 0. The molecule has 8 heteroatoms. The molecule has 0 aliphatic rings. The summed E-state index contributed by atoms with van der Waals surface area (Å²) >= 11 is 3.26. The van der Waals surface area contributed by atoms with Gasteiger partial charge in [0.25, 0.3) is 0 Å². The summed E-state index contributed by atoms with van der Waals surface area (Å²) in [6.45, 7) is 9.49. The number of halogens is 1. The molecular weight excluding hydrogens is 402 g/mol. The normalized spacial score (nSPS) is 12.2. The van der Waals surface area contributed by atoms with Gasteiger partial charge in [0.2, 0.25) is 0 Å². The monoisotopic (exact) mass is 427 g/mol. The smallest absolute Gasteiger partial charge is 0.330 e. The van der Waals surface area contributed by atoms with Gasteiger partial charge in [0.1, 0.15) is 5.60 Å². The highest BCUT2D eigenvalue weighted by atomic mass is 79.9. The van der Waals surface area contributed by atoms with Crippen molar-refractivity contribution in [1.82, 2.24) is 15.3 Å². The van der Waals surface area contributed by atoms with E-state index in [0.29, 0.717) is 18.8 Å². The van der Waals surface area contributed by atoms with Gasteiger partial charge in [-0.2, -0.15) is 0 Å². The summed E-state index contributed by atoms with van der Waals surface area (Å²) in [5.41, 5.74) is -1.43. The zero-order chi connectivity index (χ0) is 19.8. The van der Waals surface area contributed by atoms with Crippen LogP contribution in [0.4, 0.5) is 0 Å². The Morgan fingerprint density at radius 2 is 1.77 bits per heavy atom. The molecule has 0 radical (unpaired) electrons. The van der Waals surface area contributed by atoms with Crippen molar-refractivity contribution >= 4 is 27.9 Å². The van der Waals surface area contributed by atoms with Crippen molar-refractivity contribution in [3.63, 3.8) is 0 Å². The highest BCUT2D eigenvalue weighted by Gasteiger charge is 2.28. The number of carbonyl (C=O) groups is 2. The average molecular weight is 428 g/mol. The van der Waals surface area contributed by atoms with Gasteiger partial charge < -0.3 is 14.8 Å². The Kier molecular flexibility index (Phi) is 8.36. The predicted octanol–water partition coefficient (Wildman–Crippen LogP) is 2.90. The Morgan fingerprint density at radius 1 is 1.15 bits per heavy atom. The molecular formula is C18H26BrN3O4. The number of aromatic nitrogens is 2. The second-order valence-corrected chi connectivity index (χ2v) is 8.03. The summed E-state index contributed by atoms with van der Waals surface area (Å²) in [4.78, 5) is 31.8. The third kappa shape index (κ3) is 9.05. The Labute approximate surface area is 162 Å². The van der Waals surface area contributed by atoms with Crippen molar-refractivity contribution in [2.45, 2.75) is 52.2 Å². The summed E-state index contributed by atoms with van der Waals surface area (Å²) in [5.74, 6) is -0.361. The maximum atomic E-state index is 12.0. The minimum absolute atomic E-state index is 0.0558. The molecule has 1 rings (SSSR count). The SMILES string of the molecule is CC(C)(C)OC(=O)/C=C/CCNCC(=O)OC(C)(C)c1ncc(Br)cn1. The fraction of sp³-hybridized carbons (Fsp3) is 0.556. The first-order chi connectivity index (χ1) is 12.0. The van der Waals surface area contributed by atoms with E-state index in [2.05, 4.69) is 31.2 Å². The van der Waals surface area contributed by atoms with Crippen LogP contribution in [0, 0.1) is 0 Å². The van der Waals surface area contributed by atoms with E-state index in [0.717, 1.165) is 4.47 Å². The molecule has 26 heavy (non-hydrogen) atoms. The van der Waals surface area contributed by atoms with Crippen LogP contribution in [-0.2, 0) is 24.7 Å². The van der Waals surface area contributed by atoms with Crippen LogP contribution in [0.5, 0.6) is 0 Å². The van der Waals surface area contributed by atoms with Gasteiger partial charge in [0.05, 0.1) is 11.0 Å². The van der Waals surface area contributed by atoms with Gasteiger partial charge in [0.15, 0.2) is 11.4 Å². The Balaban J connectivity index is 2.30. The molecule has 144 valence electrons. The molecule has 1 aromatic rings. The van der Waals surface area contributed by atoms with E-state index in [4.69, 9.17) is 9.47 Å². The molecule has 0 amide bonds. The Morgan fingerprint density at radius 3 is 2.35 bits per heavy atom. The zero-order valence-electron chi connectivity index (χ0n) is 15.8. The molecule has 0 bridgehead atoms. The van der Waals surface area contributed by atoms with Gasteiger partial charge in [-0.3, -0.25) is 4.79 Å². The van der Waals surface area contributed by atoms with Crippen molar-refractivity contribution in [2.75, 3.05) is 13.1 Å². The van der Waals surface area contributed by atoms with E-state index in [9.17, 15) is 9.59 Å². The van der Waals surface area contributed by atoms with Crippen LogP contribution in [0.3, 0.4) is 0 Å². The van der Waals surface area contributed by atoms with E-state index >= 15 is 0 Å². The number of esters is 2. The molecule has 0 unspecified atom stereocenters. The lowest BCUT2D eigenvalue weighted by atomic mass is 10.1. The molecule has 0 saturated carbocycles. The van der Waals surface area contributed by atoms with Crippen LogP contribution in [-0.4, -0.2) is 40.6 Å². The molecule has 0 aliphatic heterocycles. The molecule has 0 atom stereocenters. The van der Waals surface area contributed by atoms with Crippen LogP contribution in [0.15, 0.2) is 29.0 Å². The first kappa shape index (κ1) is 22.2. The van der Waals surface area contributed by atoms with Gasteiger partial charge in [-0.05, 0) is 63.5 Å². The molecule has 0 saturated heterocycles.